The van der Waals surface area contributed by atoms with Crippen LogP contribution in [0.2, 0.25) is 19.6 Å². The topological polar surface area (TPSA) is 82.5 Å². The van der Waals surface area contributed by atoms with Gasteiger partial charge < -0.3 is 14.0 Å². The maximum Gasteiger partial charge on any atom is 0.210 e. The Bertz CT molecular complexity index is 2900. The molecule has 0 aliphatic rings. The van der Waals surface area contributed by atoms with Crippen LogP contribution in [-0.2, 0) is 26.5 Å². The van der Waals surface area contributed by atoms with E-state index in [4.69, 9.17) is 14.4 Å². The van der Waals surface area contributed by atoms with Crippen molar-refractivity contribution in [1.29, 1.82) is 0 Å². The SMILES string of the molecule is CC(C)Cc1cc(-c2[c-]cccc2)ncc1[Si](C)(C)C.CC(C)c1cc(-c2ccccc2)cc(C(C)C)c1-n1c(-c2[c-]ccc3c2oc2ccccc23)nc2nncnc21.[Ir]. The molecule has 0 N–H and O–H groups in total. The van der Waals surface area contributed by atoms with Gasteiger partial charge in [-0.2, -0.15) is 0 Å². The van der Waals surface area contributed by atoms with E-state index in [1.54, 1.807) is 0 Å². The first-order chi connectivity index (χ1) is 28.9. The van der Waals surface area contributed by atoms with Crippen LogP contribution in [0.1, 0.15) is 70.1 Å². The van der Waals surface area contributed by atoms with Gasteiger partial charge in [0.2, 0.25) is 5.65 Å². The summed E-state index contributed by atoms with van der Waals surface area (Å²) in [6.07, 6.45) is 4.72. The summed E-state index contributed by atoms with van der Waals surface area (Å²) in [5, 5.41) is 12.0. The first kappa shape index (κ1) is 43.5. The molecule has 0 aliphatic carbocycles. The van der Waals surface area contributed by atoms with Crippen molar-refractivity contribution in [1.82, 2.24) is 29.7 Å². The fraction of sp³-hybridized carbons (Fsp3) is 0.250. The van der Waals surface area contributed by atoms with E-state index in [9.17, 15) is 0 Å². The third kappa shape index (κ3) is 8.92. The van der Waals surface area contributed by atoms with Crippen molar-refractivity contribution in [3.63, 3.8) is 0 Å². The molecule has 0 amide bonds. The Morgan fingerprint density at radius 3 is 2.10 bits per heavy atom. The second-order valence-corrected chi connectivity index (χ2v) is 22.6. The molecular weight excluding hydrogens is 945 g/mol. The van der Waals surface area contributed by atoms with Crippen molar-refractivity contribution in [3.05, 3.63) is 151 Å². The van der Waals surface area contributed by atoms with Crippen molar-refractivity contribution in [3.8, 4) is 39.5 Å². The number of hydrogen-bond donors (Lipinski definition) is 0. The smallest absolute Gasteiger partial charge is 0.210 e. The number of nitrogens with zero attached hydrogens (tertiary/aromatic N) is 6. The summed E-state index contributed by atoms with van der Waals surface area (Å²) in [4.78, 5) is 14.4. The molecule has 7 nitrogen and oxygen atoms in total. The summed E-state index contributed by atoms with van der Waals surface area (Å²) >= 11 is 0. The number of benzene rings is 5. The van der Waals surface area contributed by atoms with Crippen molar-refractivity contribution in [2.75, 3.05) is 0 Å². The van der Waals surface area contributed by atoms with E-state index in [1.807, 2.05) is 48.5 Å². The van der Waals surface area contributed by atoms with E-state index >= 15 is 0 Å². The van der Waals surface area contributed by atoms with E-state index in [2.05, 4.69) is 160 Å². The zero-order chi connectivity index (χ0) is 42.1. The van der Waals surface area contributed by atoms with Crippen LogP contribution < -0.4 is 5.19 Å². The van der Waals surface area contributed by atoms with Gasteiger partial charge in [0.05, 0.1) is 19.5 Å². The Morgan fingerprint density at radius 1 is 0.721 bits per heavy atom. The van der Waals surface area contributed by atoms with Gasteiger partial charge in [0.15, 0.2) is 5.65 Å². The van der Waals surface area contributed by atoms with Crippen molar-refractivity contribution in [2.45, 2.75) is 79.4 Å². The maximum atomic E-state index is 6.42. The second kappa shape index (κ2) is 18.2. The largest absolute Gasteiger partial charge is 0.501 e. The summed E-state index contributed by atoms with van der Waals surface area (Å²) in [5.41, 5.74) is 13.0. The fourth-order valence-corrected chi connectivity index (χ4v) is 9.67. The van der Waals surface area contributed by atoms with Crippen LogP contribution >= 0.6 is 0 Å². The zero-order valence-electron chi connectivity index (χ0n) is 36.4. The summed E-state index contributed by atoms with van der Waals surface area (Å²) in [6, 6.07) is 44.3. The number of aromatic nitrogens is 6. The van der Waals surface area contributed by atoms with Gasteiger partial charge in [0.25, 0.3) is 0 Å². The molecule has 0 atom stereocenters. The summed E-state index contributed by atoms with van der Waals surface area (Å²) in [7, 11) is -1.34. The number of fused-ring (bicyclic) bond motifs is 4. The van der Waals surface area contributed by atoms with Gasteiger partial charge in [-0.05, 0) is 75.5 Å². The third-order valence-electron chi connectivity index (χ3n) is 10.9. The summed E-state index contributed by atoms with van der Waals surface area (Å²) < 4.78 is 8.56. The molecule has 0 bridgehead atoms. The number of imidazole rings is 1. The van der Waals surface area contributed by atoms with Crippen LogP contribution in [0.4, 0.5) is 0 Å². The average Bonchev–Trinajstić information content (AvgIpc) is 3.82. The van der Waals surface area contributed by atoms with Crippen LogP contribution in [0.5, 0.6) is 0 Å². The van der Waals surface area contributed by atoms with Gasteiger partial charge in [-0.15, -0.1) is 64.3 Å². The molecule has 0 fully saturated rings. The maximum absolute atomic E-state index is 6.42. The predicted molar refractivity (Wildman–Crippen MR) is 250 cm³/mol. The number of furan rings is 1. The normalized spacial score (nSPS) is 11.7. The van der Waals surface area contributed by atoms with Gasteiger partial charge >= 0.3 is 0 Å². The van der Waals surface area contributed by atoms with Crippen molar-refractivity contribution in [2.24, 2.45) is 5.92 Å². The van der Waals surface area contributed by atoms with Crippen molar-refractivity contribution < 1.29 is 24.5 Å². The molecule has 9 rings (SSSR count). The molecule has 311 valence electrons. The minimum Gasteiger partial charge on any atom is -0.501 e. The Kier molecular flexibility index (Phi) is 13.0. The van der Waals surface area contributed by atoms with E-state index in [1.165, 1.54) is 39.3 Å². The molecule has 9 heteroatoms. The minimum absolute atomic E-state index is 0. The van der Waals surface area contributed by atoms with E-state index in [0.717, 1.165) is 50.9 Å². The van der Waals surface area contributed by atoms with Crippen LogP contribution in [-0.4, -0.2) is 37.8 Å². The Balaban J connectivity index is 0.000000226. The number of para-hydroxylation sites is 1. The van der Waals surface area contributed by atoms with Crippen LogP contribution in [0.15, 0.2) is 126 Å². The molecular formula is C52H52IrN6OSi-2. The fourth-order valence-electron chi connectivity index (χ4n) is 8.08. The Morgan fingerprint density at radius 2 is 1.43 bits per heavy atom. The Hall–Kier alpha value is -5.60. The number of rotatable bonds is 9. The molecule has 0 saturated heterocycles. The van der Waals surface area contributed by atoms with Crippen LogP contribution in [0.25, 0.3) is 72.7 Å². The number of pyridine rings is 1. The van der Waals surface area contributed by atoms with E-state index in [0.29, 0.717) is 23.0 Å². The van der Waals surface area contributed by atoms with Crippen LogP contribution in [0.3, 0.4) is 0 Å². The molecule has 9 aromatic rings. The molecule has 0 unspecified atom stereocenters. The molecule has 1 radical (unpaired) electrons. The molecule has 4 heterocycles. The minimum atomic E-state index is -1.34. The zero-order valence-corrected chi connectivity index (χ0v) is 39.8. The molecule has 0 saturated carbocycles. The van der Waals surface area contributed by atoms with Crippen molar-refractivity contribution >= 4 is 46.5 Å². The average molecular weight is 997 g/mol. The molecule has 4 aromatic heterocycles. The quantitative estimate of drug-likeness (QED) is 0.106. The van der Waals surface area contributed by atoms with Gasteiger partial charge in [-0.3, -0.25) is 4.98 Å². The summed E-state index contributed by atoms with van der Waals surface area (Å²) in [6.45, 7) is 20.7. The monoisotopic (exact) mass is 997 g/mol. The molecule has 0 spiro atoms. The Labute approximate surface area is 374 Å². The number of hydrogen-bond acceptors (Lipinski definition) is 6. The predicted octanol–water partition coefficient (Wildman–Crippen LogP) is 12.8. The van der Waals surface area contributed by atoms with Crippen LogP contribution in [0, 0.1) is 18.1 Å². The summed E-state index contributed by atoms with van der Waals surface area (Å²) in [5.74, 6) is 1.83. The molecule has 61 heavy (non-hydrogen) atoms. The first-order valence-corrected chi connectivity index (χ1v) is 24.5. The molecule has 0 aliphatic heterocycles. The van der Waals surface area contributed by atoms with Gasteiger partial charge in [0, 0.05) is 37.4 Å². The molecule has 5 aromatic carbocycles. The van der Waals surface area contributed by atoms with E-state index in [-0.39, 0.29) is 31.9 Å². The first-order valence-electron chi connectivity index (χ1n) is 21.0. The van der Waals surface area contributed by atoms with Gasteiger partial charge in [0.1, 0.15) is 11.9 Å². The standard InChI is InChI=1S/C34H28N5O.C18H24NSi.Ir/c1-20(2)27-17-23(22-11-6-5-7-12-22)18-28(21(3)4)30(27)39-33(37-32-34(39)35-19-36-38-32)26-15-10-14-25-24-13-8-9-16-29(24)40-31(25)26;1-14(2)11-16-12-17(15-9-7-6-8-10-15)19-13-18(16)20(3,4)5;/h5-14,16-21H,1-4H3;6-9,12-14H,11H2,1-5H3;/q2*-1;. The van der Waals surface area contributed by atoms with E-state index < -0.39 is 8.07 Å². The third-order valence-corrected chi connectivity index (χ3v) is 13.0. The second-order valence-electron chi connectivity index (χ2n) is 17.6. The van der Waals surface area contributed by atoms with Gasteiger partial charge in [-0.25, -0.2) is 4.98 Å². The van der Waals surface area contributed by atoms with Gasteiger partial charge in [-0.1, -0.05) is 132 Å².